The minimum atomic E-state index is -3.79. The lowest BCUT2D eigenvalue weighted by atomic mass is 10.3. The Morgan fingerprint density at radius 2 is 1.92 bits per heavy atom. The first-order valence-corrected chi connectivity index (χ1v) is 9.64. The van der Waals surface area contributed by atoms with Crippen molar-refractivity contribution in [2.75, 3.05) is 23.9 Å². The highest BCUT2D eigenvalue weighted by molar-refractivity contribution is 7.92. The third-order valence-electron chi connectivity index (χ3n) is 4.21. The predicted molar refractivity (Wildman–Crippen MR) is 97.1 cm³/mol. The quantitative estimate of drug-likeness (QED) is 0.806. The van der Waals surface area contributed by atoms with Gasteiger partial charge in [-0.2, -0.15) is 0 Å². The Hall–Kier alpha value is -2.54. The first-order valence-electron chi connectivity index (χ1n) is 8.20. The van der Waals surface area contributed by atoms with E-state index < -0.39 is 10.0 Å². The molecule has 1 aromatic carbocycles. The van der Waals surface area contributed by atoms with Crippen LogP contribution in [-0.4, -0.2) is 43.8 Å². The summed E-state index contributed by atoms with van der Waals surface area (Å²) in [5, 5.41) is 0. The van der Waals surface area contributed by atoms with Gasteiger partial charge < -0.3 is 9.88 Å². The summed E-state index contributed by atoms with van der Waals surface area (Å²) < 4.78 is 27.3. The van der Waals surface area contributed by atoms with Gasteiger partial charge in [-0.3, -0.25) is 9.10 Å². The molecule has 0 atom stereocenters. The number of likely N-dealkylation sites (tertiary alicyclic amines) is 1. The van der Waals surface area contributed by atoms with Crippen LogP contribution in [0.25, 0.3) is 0 Å². The van der Waals surface area contributed by atoms with Crippen molar-refractivity contribution in [2.24, 2.45) is 0 Å². The van der Waals surface area contributed by atoms with Crippen molar-refractivity contribution >= 4 is 21.6 Å². The van der Waals surface area contributed by atoms with Gasteiger partial charge in [-0.15, -0.1) is 6.58 Å². The SMILES string of the molecule is C=CCN(c1ccccc1)S(=O)(=O)c1c[nH]c(C(=O)N2CCCC2)c1. The summed E-state index contributed by atoms with van der Waals surface area (Å²) in [6.45, 7) is 5.22. The number of sulfonamides is 1. The van der Waals surface area contributed by atoms with Crippen LogP contribution in [0.3, 0.4) is 0 Å². The highest BCUT2D eigenvalue weighted by Gasteiger charge is 2.27. The highest BCUT2D eigenvalue weighted by atomic mass is 32.2. The van der Waals surface area contributed by atoms with Crippen LogP contribution in [0, 0.1) is 0 Å². The van der Waals surface area contributed by atoms with Crippen molar-refractivity contribution in [3.63, 3.8) is 0 Å². The average molecular weight is 359 g/mol. The van der Waals surface area contributed by atoms with E-state index in [1.165, 1.54) is 22.6 Å². The van der Waals surface area contributed by atoms with Crippen molar-refractivity contribution in [3.8, 4) is 0 Å². The van der Waals surface area contributed by atoms with E-state index in [2.05, 4.69) is 11.6 Å². The number of hydrogen-bond donors (Lipinski definition) is 1. The standard InChI is InChI=1S/C18H21N3O3S/c1-2-10-21(15-8-4-3-5-9-15)25(23,24)16-13-17(19-14-16)18(22)20-11-6-7-12-20/h2-5,8-9,13-14,19H,1,6-7,10-12H2. The molecule has 1 amide bonds. The Morgan fingerprint density at radius 3 is 2.56 bits per heavy atom. The number of carbonyl (C=O) groups excluding carboxylic acids is 1. The zero-order valence-corrected chi connectivity index (χ0v) is 14.7. The number of aromatic amines is 1. The molecule has 3 rings (SSSR count). The molecule has 0 spiro atoms. The van der Waals surface area contributed by atoms with Gasteiger partial charge in [-0.25, -0.2) is 8.42 Å². The maximum atomic E-state index is 13.0. The molecule has 1 aliphatic heterocycles. The topological polar surface area (TPSA) is 73.5 Å². The maximum absolute atomic E-state index is 13.0. The number of para-hydroxylation sites is 1. The number of H-pyrrole nitrogens is 1. The molecular weight excluding hydrogens is 338 g/mol. The second kappa shape index (κ2) is 7.14. The van der Waals surface area contributed by atoms with Crippen molar-refractivity contribution in [1.82, 2.24) is 9.88 Å². The molecule has 1 fully saturated rings. The second-order valence-electron chi connectivity index (χ2n) is 5.91. The van der Waals surface area contributed by atoms with Gasteiger partial charge >= 0.3 is 0 Å². The average Bonchev–Trinajstić information content (AvgIpc) is 3.31. The van der Waals surface area contributed by atoms with E-state index in [0.717, 1.165) is 12.8 Å². The number of anilines is 1. The van der Waals surface area contributed by atoms with Crippen molar-refractivity contribution in [1.29, 1.82) is 0 Å². The minimum Gasteiger partial charge on any atom is -0.356 e. The van der Waals surface area contributed by atoms with Crippen LogP contribution in [0.5, 0.6) is 0 Å². The lowest BCUT2D eigenvalue weighted by molar-refractivity contribution is 0.0787. The predicted octanol–water partition coefficient (Wildman–Crippen LogP) is 2.63. The van der Waals surface area contributed by atoms with Crippen LogP contribution >= 0.6 is 0 Å². The number of hydrogen-bond acceptors (Lipinski definition) is 3. The number of carbonyl (C=O) groups is 1. The molecule has 132 valence electrons. The third-order valence-corrected chi connectivity index (χ3v) is 5.98. The monoisotopic (exact) mass is 359 g/mol. The molecule has 1 aliphatic rings. The third kappa shape index (κ3) is 3.46. The lowest BCUT2D eigenvalue weighted by Gasteiger charge is -2.22. The summed E-state index contributed by atoms with van der Waals surface area (Å²) in [5.74, 6) is -0.158. The van der Waals surface area contributed by atoms with Gasteiger partial charge in [0.2, 0.25) is 0 Å². The van der Waals surface area contributed by atoms with Crippen LogP contribution in [0.2, 0.25) is 0 Å². The van der Waals surface area contributed by atoms with Gasteiger partial charge in [0.25, 0.3) is 15.9 Å². The first kappa shape index (κ1) is 17.3. The van der Waals surface area contributed by atoms with Crippen LogP contribution in [0.15, 0.2) is 60.1 Å². The van der Waals surface area contributed by atoms with E-state index >= 15 is 0 Å². The van der Waals surface area contributed by atoms with E-state index in [1.54, 1.807) is 29.2 Å². The summed E-state index contributed by atoms with van der Waals surface area (Å²) in [4.78, 5) is 17.0. The Balaban J connectivity index is 1.91. The zero-order chi connectivity index (χ0) is 17.9. The van der Waals surface area contributed by atoms with Gasteiger partial charge in [0.1, 0.15) is 10.6 Å². The number of aromatic nitrogens is 1. The van der Waals surface area contributed by atoms with E-state index in [9.17, 15) is 13.2 Å². The minimum absolute atomic E-state index is 0.0701. The Kier molecular flexibility index (Phi) is 4.94. The number of amides is 1. The molecular formula is C18H21N3O3S. The molecule has 7 heteroatoms. The van der Waals surface area contributed by atoms with Crippen LogP contribution in [0.1, 0.15) is 23.3 Å². The van der Waals surface area contributed by atoms with Crippen molar-refractivity contribution in [2.45, 2.75) is 17.7 Å². The number of nitrogens with zero attached hydrogens (tertiary/aromatic N) is 2. The molecule has 0 bridgehead atoms. The van der Waals surface area contributed by atoms with Crippen LogP contribution in [-0.2, 0) is 10.0 Å². The molecule has 0 radical (unpaired) electrons. The van der Waals surface area contributed by atoms with Crippen LogP contribution in [0.4, 0.5) is 5.69 Å². The Bertz CT molecular complexity index is 853. The molecule has 2 aromatic rings. The fraction of sp³-hybridized carbons (Fsp3) is 0.278. The van der Waals surface area contributed by atoms with Gasteiger partial charge in [-0.1, -0.05) is 24.3 Å². The smallest absolute Gasteiger partial charge is 0.270 e. The van der Waals surface area contributed by atoms with E-state index in [-0.39, 0.29) is 17.3 Å². The number of rotatable bonds is 6. The summed E-state index contributed by atoms with van der Waals surface area (Å²) in [6, 6.07) is 10.2. The normalized spacial score (nSPS) is 14.5. The van der Waals surface area contributed by atoms with E-state index in [4.69, 9.17) is 0 Å². The lowest BCUT2D eigenvalue weighted by Crippen LogP contribution is -2.31. The summed E-state index contributed by atoms with van der Waals surface area (Å²) >= 11 is 0. The molecule has 6 nitrogen and oxygen atoms in total. The largest absolute Gasteiger partial charge is 0.356 e. The van der Waals surface area contributed by atoms with Crippen molar-refractivity contribution < 1.29 is 13.2 Å². The fourth-order valence-electron chi connectivity index (χ4n) is 2.92. The number of nitrogens with one attached hydrogen (secondary N) is 1. The highest BCUT2D eigenvalue weighted by Crippen LogP contribution is 2.24. The second-order valence-corrected chi connectivity index (χ2v) is 7.77. The molecule has 0 saturated carbocycles. The summed E-state index contributed by atoms with van der Waals surface area (Å²) in [5.41, 5.74) is 0.850. The molecule has 2 heterocycles. The Labute approximate surface area is 147 Å². The number of benzene rings is 1. The Morgan fingerprint density at radius 1 is 1.24 bits per heavy atom. The molecule has 0 aliphatic carbocycles. The summed E-state index contributed by atoms with van der Waals surface area (Å²) in [6.07, 6.45) is 4.88. The maximum Gasteiger partial charge on any atom is 0.270 e. The fourth-order valence-corrected chi connectivity index (χ4v) is 4.35. The first-order chi connectivity index (χ1) is 12.0. The molecule has 1 N–H and O–H groups in total. The van der Waals surface area contributed by atoms with Gasteiger partial charge in [-0.05, 0) is 31.0 Å². The molecule has 25 heavy (non-hydrogen) atoms. The van der Waals surface area contributed by atoms with Gasteiger partial charge in [0, 0.05) is 19.3 Å². The van der Waals surface area contributed by atoms with Crippen LogP contribution < -0.4 is 4.31 Å². The van der Waals surface area contributed by atoms with Crippen molar-refractivity contribution in [3.05, 3.63) is 60.9 Å². The van der Waals surface area contributed by atoms with E-state index in [1.807, 2.05) is 6.07 Å². The molecule has 1 aromatic heterocycles. The zero-order valence-electron chi connectivity index (χ0n) is 13.9. The molecule has 0 unspecified atom stereocenters. The molecule has 1 saturated heterocycles. The van der Waals surface area contributed by atoms with Gasteiger partial charge in [0.15, 0.2) is 0 Å². The van der Waals surface area contributed by atoms with E-state index in [0.29, 0.717) is 24.5 Å². The summed E-state index contributed by atoms with van der Waals surface area (Å²) in [7, 11) is -3.79. The van der Waals surface area contributed by atoms with Gasteiger partial charge in [0.05, 0.1) is 12.2 Å².